The maximum absolute atomic E-state index is 13.2. The van der Waals surface area contributed by atoms with Crippen LogP contribution in [0, 0.1) is 12.8 Å². The van der Waals surface area contributed by atoms with E-state index in [2.05, 4.69) is 18.8 Å². The van der Waals surface area contributed by atoms with Gasteiger partial charge in [0.1, 0.15) is 4.88 Å². The van der Waals surface area contributed by atoms with E-state index in [1.807, 2.05) is 16.7 Å². The number of rotatable bonds is 4. The van der Waals surface area contributed by atoms with Crippen molar-refractivity contribution in [1.29, 1.82) is 0 Å². The first-order valence-corrected chi connectivity index (χ1v) is 9.47. The lowest BCUT2D eigenvalue weighted by atomic mass is 10.1. The minimum atomic E-state index is -0.835. The first kappa shape index (κ1) is 18.3. The van der Waals surface area contributed by atoms with Crippen molar-refractivity contribution in [3.8, 4) is 0 Å². The van der Waals surface area contributed by atoms with Gasteiger partial charge in [0.05, 0.1) is 36.5 Å². The number of amides is 1. The molecule has 2 saturated heterocycles. The van der Waals surface area contributed by atoms with Gasteiger partial charge in [0, 0.05) is 31.5 Å². The summed E-state index contributed by atoms with van der Waals surface area (Å²) >= 11 is 1.47. The van der Waals surface area contributed by atoms with Gasteiger partial charge in [-0.2, -0.15) is 0 Å². The zero-order valence-corrected chi connectivity index (χ0v) is 15.7. The second kappa shape index (κ2) is 7.39. The summed E-state index contributed by atoms with van der Waals surface area (Å²) in [6, 6.07) is -0.122. The van der Waals surface area contributed by atoms with Gasteiger partial charge >= 0.3 is 5.97 Å². The number of hydrogen-bond donors (Lipinski definition) is 1. The Balaban J connectivity index is 1.83. The molecule has 0 radical (unpaired) electrons. The average molecular weight is 367 g/mol. The Morgan fingerprint density at radius 3 is 2.72 bits per heavy atom. The molecule has 2 bridgehead atoms. The molecule has 2 aliphatic rings. The Kier molecular flexibility index (Phi) is 5.41. The van der Waals surface area contributed by atoms with Gasteiger partial charge in [-0.05, 0) is 6.92 Å². The summed E-state index contributed by atoms with van der Waals surface area (Å²) in [5.41, 5.74) is 0.779. The molecule has 1 N–H and O–H groups in total. The quantitative estimate of drug-likeness (QED) is 0.867. The van der Waals surface area contributed by atoms with Gasteiger partial charge in [0.2, 0.25) is 0 Å². The Bertz CT molecular complexity index is 660. The standard InChI is InChI=1S/C17H25N3O4S/c1-10(2)16-18-11(3)15(25-16)17(23)20-5-12-4-19(7-14(21)22)6-13(20)9-24-8-12/h10,12-13H,4-9H2,1-3H3,(H,21,22)/t12-,13-/m0/s1. The van der Waals surface area contributed by atoms with Gasteiger partial charge in [-0.25, -0.2) is 4.98 Å². The summed E-state index contributed by atoms with van der Waals surface area (Å²) in [7, 11) is 0. The van der Waals surface area contributed by atoms with Crippen LogP contribution in [-0.2, 0) is 9.53 Å². The van der Waals surface area contributed by atoms with E-state index in [0.717, 1.165) is 10.7 Å². The fourth-order valence-electron chi connectivity index (χ4n) is 3.50. The lowest BCUT2D eigenvalue weighted by Gasteiger charge is -2.30. The normalized spacial score (nSPS) is 24.4. The lowest BCUT2D eigenvalue weighted by molar-refractivity contribution is -0.138. The monoisotopic (exact) mass is 367 g/mol. The van der Waals surface area contributed by atoms with E-state index in [9.17, 15) is 9.59 Å². The minimum absolute atomic E-state index is 0.000394. The van der Waals surface area contributed by atoms with E-state index in [0.29, 0.717) is 43.6 Å². The fraction of sp³-hybridized carbons (Fsp3) is 0.706. The highest BCUT2D eigenvalue weighted by Gasteiger charge is 2.37. The van der Waals surface area contributed by atoms with Crippen LogP contribution in [0.4, 0.5) is 0 Å². The van der Waals surface area contributed by atoms with E-state index in [1.54, 1.807) is 0 Å². The van der Waals surface area contributed by atoms with Gasteiger partial charge < -0.3 is 14.7 Å². The number of carbonyl (C=O) groups excluding carboxylic acids is 1. The van der Waals surface area contributed by atoms with Gasteiger partial charge in [-0.1, -0.05) is 13.8 Å². The van der Waals surface area contributed by atoms with Crippen molar-refractivity contribution in [2.75, 3.05) is 39.4 Å². The van der Waals surface area contributed by atoms with Crippen molar-refractivity contribution in [3.63, 3.8) is 0 Å². The molecule has 3 heterocycles. The Hall–Kier alpha value is -1.51. The van der Waals surface area contributed by atoms with E-state index >= 15 is 0 Å². The van der Waals surface area contributed by atoms with Crippen LogP contribution in [0.3, 0.4) is 0 Å². The third kappa shape index (κ3) is 4.02. The van der Waals surface area contributed by atoms with Crippen LogP contribution >= 0.6 is 11.3 Å². The SMILES string of the molecule is Cc1nc(C(C)C)sc1C(=O)N1C[C@H]2COC[C@@H]1CN(CC(=O)O)C2. The van der Waals surface area contributed by atoms with E-state index in [1.165, 1.54) is 11.3 Å². The van der Waals surface area contributed by atoms with E-state index < -0.39 is 5.97 Å². The Morgan fingerprint density at radius 1 is 1.32 bits per heavy atom. The number of aryl methyl sites for hydroxylation is 1. The second-order valence-electron chi connectivity index (χ2n) is 7.22. The number of fused-ring (bicyclic) bond motifs is 3. The summed E-state index contributed by atoms with van der Waals surface area (Å²) in [6.07, 6.45) is 0. The molecule has 0 spiro atoms. The van der Waals surface area contributed by atoms with Crippen LogP contribution in [0.2, 0.25) is 0 Å². The van der Waals surface area contributed by atoms with Crippen molar-refractivity contribution in [2.24, 2.45) is 5.92 Å². The van der Waals surface area contributed by atoms with Gasteiger partial charge in [-0.3, -0.25) is 14.5 Å². The molecule has 7 nitrogen and oxygen atoms in total. The molecule has 138 valence electrons. The molecular weight excluding hydrogens is 342 g/mol. The topological polar surface area (TPSA) is 83.0 Å². The molecule has 2 fully saturated rings. The number of nitrogens with zero attached hydrogens (tertiary/aromatic N) is 3. The van der Waals surface area contributed by atoms with Crippen molar-refractivity contribution >= 4 is 23.2 Å². The number of thiazole rings is 1. The predicted octanol–water partition coefficient (Wildman–Crippen LogP) is 1.43. The first-order chi connectivity index (χ1) is 11.8. The molecule has 0 aromatic carbocycles. The van der Waals surface area contributed by atoms with Gasteiger partial charge in [-0.15, -0.1) is 11.3 Å². The molecular formula is C17H25N3O4S. The molecule has 2 atom stereocenters. The molecule has 1 aromatic rings. The van der Waals surface area contributed by atoms with Crippen molar-refractivity contribution in [2.45, 2.75) is 32.7 Å². The molecule has 25 heavy (non-hydrogen) atoms. The fourth-order valence-corrected chi connectivity index (χ4v) is 4.53. The average Bonchev–Trinajstić information content (AvgIpc) is 2.69. The molecule has 0 aliphatic carbocycles. The molecule has 2 aliphatic heterocycles. The third-order valence-electron chi connectivity index (χ3n) is 4.67. The van der Waals surface area contributed by atoms with Gasteiger partial charge in [0.25, 0.3) is 5.91 Å². The zero-order valence-electron chi connectivity index (χ0n) is 14.9. The molecule has 1 amide bonds. The molecule has 1 aromatic heterocycles. The summed E-state index contributed by atoms with van der Waals surface area (Å²) in [5, 5.41) is 10.1. The maximum Gasteiger partial charge on any atom is 0.317 e. The van der Waals surface area contributed by atoms with E-state index in [-0.39, 0.29) is 24.4 Å². The van der Waals surface area contributed by atoms with E-state index in [4.69, 9.17) is 9.84 Å². The molecule has 8 heteroatoms. The van der Waals surface area contributed by atoms with Crippen LogP contribution in [0.25, 0.3) is 0 Å². The number of aliphatic carboxylic acids is 1. The smallest absolute Gasteiger partial charge is 0.317 e. The number of carbonyl (C=O) groups is 2. The van der Waals surface area contributed by atoms with Crippen LogP contribution in [0.15, 0.2) is 0 Å². The summed E-state index contributed by atoms with van der Waals surface area (Å²) < 4.78 is 5.72. The number of carboxylic acids is 1. The van der Waals surface area contributed by atoms with Crippen LogP contribution in [-0.4, -0.2) is 77.2 Å². The van der Waals surface area contributed by atoms with Crippen LogP contribution in [0.1, 0.15) is 40.1 Å². The first-order valence-electron chi connectivity index (χ1n) is 8.65. The maximum atomic E-state index is 13.2. The van der Waals surface area contributed by atoms with Crippen LogP contribution in [0.5, 0.6) is 0 Å². The molecule has 0 saturated carbocycles. The van der Waals surface area contributed by atoms with Crippen LogP contribution < -0.4 is 0 Å². The predicted molar refractivity (Wildman–Crippen MR) is 94.1 cm³/mol. The lowest BCUT2D eigenvalue weighted by Crippen LogP contribution is -2.47. The number of hydrogen-bond acceptors (Lipinski definition) is 6. The summed E-state index contributed by atoms with van der Waals surface area (Å²) in [5.74, 6) is -0.408. The summed E-state index contributed by atoms with van der Waals surface area (Å²) in [6.45, 7) is 8.83. The highest BCUT2D eigenvalue weighted by molar-refractivity contribution is 7.13. The van der Waals surface area contributed by atoms with Crippen molar-refractivity contribution in [3.05, 3.63) is 15.6 Å². The second-order valence-corrected chi connectivity index (χ2v) is 8.25. The van der Waals surface area contributed by atoms with Crippen molar-refractivity contribution in [1.82, 2.24) is 14.8 Å². The summed E-state index contributed by atoms with van der Waals surface area (Å²) in [4.78, 5) is 33.3. The number of ether oxygens (including phenoxy) is 1. The van der Waals surface area contributed by atoms with Gasteiger partial charge in [0.15, 0.2) is 0 Å². The van der Waals surface area contributed by atoms with Crippen molar-refractivity contribution < 1.29 is 19.4 Å². The highest BCUT2D eigenvalue weighted by Crippen LogP contribution is 2.28. The molecule has 3 rings (SSSR count). The number of carboxylic acid groups (broad SMARTS) is 1. The Morgan fingerprint density at radius 2 is 2.08 bits per heavy atom. The Labute approximate surface area is 151 Å². The number of aromatic nitrogens is 1. The largest absolute Gasteiger partial charge is 0.480 e. The molecule has 0 unspecified atom stereocenters. The minimum Gasteiger partial charge on any atom is -0.480 e. The highest BCUT2D eigenvalue weighted by atomic mass is 32.1. The zero-order chi connectivity index (χ0) is 18.1. The third-order valence-corrected chi connectivity index (χ3v) is 6.11.